The van der Waals surface area contributed by atoms with E-state index in [0.29, 0.717) is 18.4 Å². The number of carbonyl (C=O) groups excluding carboxylic acids is 1. The summed E-state index contributed by atoms with van der Waals surface area (Å²) in [5, 5.41) is 3.05. The van der Waals surface area contributed by atoms with E-state index < -0.39 is 0 Å². The molecule has 3 nitrogen and oxygen atoms in total. The van der Waals surface area contributed by atoms with Crippen LogP contribution in [0.15, 0.2) is 24.5 Å². The first kappa shape index (κ1) is 12.6. The second-order valence-corrected chi connectivity index (χ2v) is 5.98. The maximum atomic E-state index is 12.1. The van der Waals surface area contributed by atoms with Crippen LogP contribution in [0, 0.1) is 17.8 Å². The number of hydrogen-bond donors (Lipinski definition) is 1. The summed E-state index contributed by atoms with van der Waals surface area (Å²) in [6.45, 7) is 0.612. The van der Waals surface area contributed by atoms with Crippen LogP contribution >= 0.6 is 0 Å². The summed E-state index contributed by atoms with van der Waals surface area (Å²) < 4.78 is 0. The number of pyridine rings is 1. The van der Waals surface area contributed by atoms with Gasteiger partial charge in [0.05, 0.1) is 0 Å². The second kappa shape index (κ2) is 5.72. The van der Waals surface area contributed by atoms with Crippen LogP contribution in [0.1, 0.15) is 44.1 Å². The summed E-state index contributed by atoms with van der Waals surface area (Å²) in [6.07, 6.45) is 11.5. The van der Waals surface area contributed by atoms with E-state index in [1.165, 1.54) is 32.1 Å². The normalized spacial score (nSPS) is 26.9. The molecule has 0 spiro atoms. The maximum Gasteiger partial charge on any atom is 0.223 e. The van der Waals surface area contributed by atoms with Crippen molar-refractivity contribution >= 4 is 5.91 Å². The van der Waals surface area contributed by atoms with E-state index in [2.05, 4.69) is 10.3 Å². The molecule has 3 heteroatoms. The molecule has 1 N–H and O–H groups in total. The van der Waals surface area contributed by atoms with Crippen molar-refractivity contribution < 1.29 is 4.79 Å². The molecule has 1 aromatic heterocycles. The van der Waals surface area contributed by atoms with Gasteiger partial charge in [-0.1, -0.05) is 38.2 Å². The number of aromatic nitrogens is 1. The van der Waals surface area contributed by atoms with Crippen molar-refractivity contribution in [1.29, 1.82) is 0 Å². The van der Waals surface area contributed by atoms with E-state index in [0.717, 1.165) is 17.9 Å². The summed E-state index contributed by atoms with van der Waals surface area (Å²) >= 11 is 0. The van der Waals surface area contributed by atoms with E-state index in [-0.39, 0.29) is 5.91 Å². The van der Waals surface area contributed by atoms with Crippen LogP contribution in [0.5, 0.6) is 0 Å². The van der Waals surface area contributed by atoms with Gasteiger partial charge in [0.15, 0.2) is 0 Å². The van der Waals surface area contributed by atoms with E-state index in [1.807, 2.05) is 18.3 Å². The zero-order valence-electron chi connectivity index (χ0n) is 11.3. The Bertz CT molecular complexity index is 426. The maximum absolute atomic E-state index is 12.1. The predicted octanol–water partition coefficient (Wildman–Crippen LogP) is 2.91. The van der Waals surface area contributed by atoms with Crippen molar-refractivity contribution in [3.05, 3.63) is 30.1 Å². The first-order valence-corrected chi connectivity index (χ1v) is 7.51. The Morgan fingerprint density at radius 1 is 1.32 bits per heavy atom. The summed E-state index contributed by atoms with van der Waals surface area (Å²) in [7, 11) is 0. The molecule has 3 rings (SSSR count). The Kier molecular flexibility index (Phi) is 3.81. The van der Waals surface area contributed by atoms with Gasteiger partial charge in [-0.2, -0.15) is 0 Å². The van der Waals surface area contributed by atoms with Gasteiger partial charge >= 0.3 is 0 Å². The van der Waals surface area contributed by atoms with E-state index >= 15 is 0 Å². The highest BCUT2D eigenvalue weighted by Gasteiger charge is 2.47. The van der Waals surface area contributed by atoms with E-state index in [9.17, 15) is 4.79 Å². The minimum Gasteiger partial charge on any atom is -0.352 e. The molecule has 0 radical (unpaired) electrons. The third-order valence-electron chi connectivity index (χ3n) is 4.62. The van der Waals surface area contributed by atoms with Gasteiger partial charge in [0.25, 0.3) is 0 Å². The Labute approximate surface area is 114 Å². The molecule has 2 unspecified atom stereocenters. The third kappa shape index (κ3) is 3.14. The predicted molar refractivity (Wildman–Crippen MR) is 74.3 cm³/mol. The number of carbonyl (C=O) groups is 1. The molecule has 102 valence electrons. The Balaban J connectivity index is 1.45. The summed E-state index contributed by atoms with van der Waals surface area (Å²) in [5.74, 6) is 2.04. The van der Waals surface area contributed by atoms with Crippen LogP contribution in [0.4, 0.5) is 0 Å². The van der Waals surface area contributed by atoms with Crippen molar-refractivity contribution in [2.24, 2.45) is 17.8 Å². The van der Waals surface area contributed by atoms with Gasteiger partial charge in [0.1, 0.15) is 0 Å². The summed E-state index contributed by atoms with van der Waals surface area (Å²) in [6, 6.07) is 3.91. The molecule has 2 aliphatic carbocycles. The van der Waals surface area contributed by atoms with Gasteiger partial charge in [-0.15, -0.1) is 0 Å². The first-order valence-electron chi connectivity index (χ1n) is 7.51. The molecule has 2 aliphatic rings. The highest BCUT2D eigenvalue weighted by Crippen LogP contribution is 2.49. The van der Waals surface area contributed by atoms with Gasteiger partial charge in [-0.05, 0) is 29.9 Å². The first-order chi connectivity index (χ1) is 9.34. The Hall–Kier alpha value is -1.38. The van der Waals surface area contributed by atoms with Gasteiger partial charge < -0.3 is 5.32 Å². The van der Waals surface area contributed by atoms with Crippen molar-refractivity contribution in [1.82, 2.24) is 10.3 Å². The molecule has 1 aromatic rings. The standard InChI is InChI=1S/C16H22N2O/c19-16(18-11-12-5-4-8-17-10-12)15-9-14(15)13-6-2-1-3-7-13/h4-5,8,10,13-15H,1-3,6-7,9,11H2,(H,18,19). The molecule has 0 bridgehead atoms. The fourth-order valence-electron chi connectivity index (χ4n) is 3.42. The minimum atomic E-state index is 0.249. The van der Waals surface area contributed by atoms with Crippen molar-refractivity contribution in [2.45, 2.75) is 45.1 Å². The molecule has 2 saturated carbocycles. The van der Waals surface area contributed by atoms with Crippen molar-refractivity contribution in [3.8, 4) is 0 Å². The highest BCUT2D eigenvalue weighted by atomic mass is 16.2. The fourth-order valence-corrected chi connectivity index (χ4v) is 3.42. The zero-order valence-corrected chi connectivity index (χ0v) is 11.3. The molecular formula is C16H22N2O. The zero-order chi connectivity index (χ0) is 13.1. The lowest BCUT2D eigenvalue weighted by Gasteiger charge is -2.21. The van der Waals surface area contributed by atoms with Crippen LogP contribution in [-0.2, 0) is 11.3 Å². The highest BCUT2D eigenvalue weighted by molar-refractivity contribution is 5.81. The number of rotatable bonds is 4. The molecule has 19 heavy (non-hydrogen) atoms. The van der Waals surface area contributed by atoms with Gasteiger partial charge in [-0.25, -0.2) is 0 Å². The second-order valence-electron chi connectivity index (χ2n) is 5.98. The largest absolute Gasteiger partial charge is 0.352 e. The Morgan fingerprint density at radius 3 is 2.89 bits per heavy atom. The lowest BCUT2D eigenvalue weighted by molar-refractivity contribution is -0.123. The molecular weight excluding hydrogens is 236 g/mol. The lowest BCUT2D eigenvalue weighted by atomic mass is 9.85. The number of hydrogen-bond acceptors (Lipinski definition) is 2. The monoisotopic (exact) mass is 258 g/mol. The topological polar surface area (TPSA) is 42.0 Å². The Morgan fingerprint density at radius 2 is 2.16 bits per heavy atom. The van der Waals surface area contributed by atoms with Crippen LogP contribution in [0.3, 0.4) is 0 Å². The average molecular weight is 258 g/mol. The van der Waals surface area contributed by atoms with Crippen LogP contribution in [-0.4, -0.2) is 10.9 Å². The molecule has 2 atom stereocenters. The molecule has 2 fully saturated rings. The van der Waals surface area contributed by atoms with E-state index in [4.69, 9.17) is 0 Å². The molecule has 0 saturated heterocycles. The molecule has 0 aromatic carbocycles. The molecule has 1 amide bonds. The molecule has 0 aliphatic heterocycles. The van der Waals surface area contributed by atoms with Crippen molar-refractivity contribution in [3.63, 3.8) is 0 Å². The van der Waals surface area contributed by atoms with Gasteiger partial charge in [0.2, 0.25) is 5.91 Å². The average Bonchev–Trinajstić information content (AvgIpc) is 3.27. The smallest absolute Gasteiger partial charge is 0.223 e. The minimum absolute atomic E-state index is 0.249. The number of nitrogens with zero attached hydrogens (tertiary/aromatic N) is 1. The van der Waals surface area contributed by atoms with Crippen molar-refractivity contribution in [2.75, 3.05) is 0 Å². The summed E-state index contributed by atoms with van der Waals surface area (Å²) in [4.78, 5) is 16.2. The third-order valence-corrected chi connectivity index (χ3v) is 4.62. The van der Waals surface area contributed by atoms with Crippen LogP contribution in [0.25, 0.3) is 0 Å². The van der Waals surface area contributed by atoms with Gasteiger partial charge in [0, 0.05) is 24.9 Å². The van der Waals surface area contributed by atoms with Crippen LogP contribution < -0.4 is 5.32 Å². The molecule has 1 heterocycles. The quantitative estimate of drug-likeness (QED) is 0.902. The lowest BCUT2D eigenvalue weighted by Crippen LogP contribution is -2.26. The number of nitrogens with one attached hydrogen (secondary N) is 1. The van der Waals surface area contributed by atoms with Crippen LogP contribution in [0.2, 0.25) is 0 Å². The van der Waals surface area contributed by atoms with Gasteiger partial charge in [-0.3, -0.25) is 9.78 Å². The SMILES string of the molecule is O=C(NCc1cccnc1)C1CC1C1CCCCC1. The fraction of sp³-hybridized carbons (Fsp3) is 0.625. The van der Waals surface area contributed by atoms with E-state index in [1.54, 1.807) is 6.20 Å². The number of amides is 1. The summed E-state index contributed by atoms with van der Waals surface area (Å²) in [5.41, 5.74) is 1.07.